The third-order valence-electron chi connectivity index (χ3n) is 1.88. The molecule has 0 aliphatic carbocycles. The summed E-state index contributed by atoms with van der Waals surface area (Å²) >= 11 is 0. The molecule has 0 aromatic heterocycles. The zero-order valence-electron chi connectivity index (χ0n) is 10.5. The third-order valence-corrected chi connectivity index (χ3v) is 1.88. The molecule has 1 atom stereocenters. The summed E-state index contributed by atoms with van der Waals surface area (Å²) in [6, 6.07) is -0.219. The van der Waals surface area contributed by atoms with Crippen LogP contribution in [0.4, 0.5) is 0 Å². The lowest BCUT2D eigenvalue weighted by molar-refractivity contribution is -0.121. The van der Waals surface area contributed by atoms with Gasteiger partial charge in [-0.25, -0.2) is 0 Å². The molecule has 5 heteroatoms. The highest BCUT2D eigenvalue weighted by Crippen LogP contribution is 1.90. The van der Waals surface area contributed by atoms with Crippen LogP contribution < -0.4 is 11.1 Å². The number of primary amides is 1. The molecule has 0 heterocycles. The molecule has 1 amide bonds. The van der Waals surface area contributed by atoms with Crippen LogP contribution in [0.15, 0.2) is 0 Å². The number of amides is 1. The molecule has 0 bridgehead atoms. The van der Waals surface area contributed by atoms with E-state index in [9.17, 15) is 4.79 Å². The van der Waals surface area contributed by atoms with E-state index < -0.39 is 6.04 Å². The first-order chi connectivity index (χ1) is 7.57. The van der Waals surface area contributed by atoms with Crippen LogP contribution >= 0.6 is 0 Å². The van der Waals surface area contributed by atoms with Gasteiger partial charge in [0, 0.05) is 12.6 Å². The Morgan fingerprint density at radius 3 is 2.38 bits per heavy atom. The Morgan fingerprint density at radius 1 is 1.25 bits per heavy atom. The molecule has 0 aromatic carbocycles. The fourth-order valence-electron chi connectivity index (χ4n) is 1.18. The molecule has 0 aliphatic heterocycles. The quantitative estimate of drug-likeness (QED) is 0.531. The minimum Gasteiger partial charge on any atom is -0.379 e. The minimum absolute atomic E-state index is 0.206. The predicted octanol–water partition coefficient (Wildman–Crippen LogP) is 0.282. The topological polar surface area (TPSA) is 73.6 Å². The van der Waals surface area contributed by atoms with Gasteiger partial charge >= 0.3 is 0 Å². The maximum absolute atomic E-state index is 11.0. The second kappa shape index (κ2) is 9.57. The van der Waals surface area contributed by atoms with Crippen LogP contribution in [0, 0.1) is 0 Å². The van der Waals surface area contributed by atoms with Gasteiger partial charge < -0.3 is 20.5 Å². The normalized spacial score (nSPS) is 13.0. The van der Waals surface area contributed by atoms with Gasteiger partial charge in [-0.05, 0) is 6.42 Å². The van der Waals surface area contributed by atoms with E-state index in [-0.39, 0.29) is 11.9 Å². The number of nitrogens with one attached hydrogen (secondary N) is 1. The van der Waals surface area contributed by atoms with E-state index in [0.29, 0.717) is 19.8 Å². The van der Waals surface area contributed by atoms with Gasteiger partial charge in [0.1, 0.15) is 6.04 Å². The number of carbonyl (C=O) groups is 1. The Kier molecular flexibility index (Phi) is 9.18. The maximum Gasteiger partial charge on any atom is 0.236 e. The highest BCUT2D eigenvalue weighted by Gasteiger charge is 2.15. The molecule has 0 saturated carbocycles. The summed E-state index contributed by atoms with van der Waals surface area (Å²) in [5.74, 6) is -0.386. The van der Waals surface area contributed by atoms with Crippen molar-refractivity contribution >= 4 is 5.91 Å². The largest absolute Gasteiger partial charge is 0.379 e. The Balaban J connectivity index is 3.57. The van der Waals surface area contributed by atoms with Gasteiger partial charge in [0.25, 0.3) is 0 Å². The molecule has 0 spiro atoms. The van der Waals surface area contributed by atoms with Crippen LogP contribution in [0.1, 0.15) is 27.2 Å². The monoisotopic (exact) mass is 232 g/mol. The van der Waals surface area contributed by atoms with Crippen molar-refractivity contribution in [3.05, 3.63) is 0 Å². The molecule has 0 saturated heterocycles. The third kappa shape index (κ3) is 8.64. The number of rotatable bonds is 10. The van der Waals surface area contributed by atoms with Crippen molar-refractivity contribution in [1.82, 2.24) is 5.32 Å². The lowest BCUT2D eigenvalue weighted by Crippen LogP contribution is -2.47. The van der Waals surface area contributed by atoms with Crippen molar-refractivity contribution in [2.45, 2.75) is 39.3 Å². The average Bonchev–Trinajstić information content (AvgIpc) is 2.20. The van der Waals surface area contributed by atoms with Crippen LogP contribution in [0.2, 0.25) is 0 Å². The SMILES string of the molecule is CCCOCCOCC(NC(C)C)C(N)=O. The minimum atomic E-state index is -0.425. The van der Waals surface area contributed by atoms with E-state index in [2.05, 4.69) is 12.2 Å². The van der Waals surface area contributed by atoms with Gasteiger partial charge in [0.15, 0.2) is 0 Å². The van der Waals surface area contributed by atoms with E-state index in [1.807, 2.05) is 13.8 Å². The van der Waals surface area contributed by atoms with Gasteiger partial charge in [-0.2, -0.15) is 0 Å². The van der Waals surface area contributed by atoms with Crippen LogP contribution in [0.3, 0.4) is 0 Å². The van der Waals surface area contributed by atoms with Crippen LogP contribution in [-0.2, 0) is 14.3 Å². The molecule has 0 fully saturated rings. The Bertz CT molecular complexity index is 186. The van der Waals surface area contributed by atoms with Crippen molar-refractivity contribution < 1.29 is 14.3 Å². The van der Waals surface area contributed by atoms with Crippen LogP contribution in [0.5, 0.6) is 0 Å². The Morgan fingerprint density at radius 2 is 1.88 bits per heavy atom. The fourth-order valence-corrected chi connectivity index (χ4v) is 1.18. The van der Waals surface area contributed by atoms with Gasteiger partial charge in [-0.15, -0.1) is 0 Å². The van der Waals surface area contributed by atoms with Crippen LogP contribution in [0.25, 0.3) is 0 Å². The van der Waals surface area contributed by atoms with Gasteiger partial charge in [-0.1, -0.05) is 20.8 Å². The maximum atomic E-state index is 11.0. The number of ether oxygens (including phenoxy) is 2. The van der Waals surface area contributed by atoms with Crippen molar-refractivity contribution in [2.75, 3.05) is 26.4 Å². The smallest absolute Gasteiger partial charge is 0.236 e. The molecular weight excluding hydrogens is 208 g/mol. The molecule has 96 valence electrons. The number of hydrogen-bond donors (Lipinski definition) is 2. The second-order valence-electron chi connectivity index (χ2n) is 3.96. The fraction of sp³-hybridized carbons (Fsp3) is 0.909. The molecule has 5 nitrogen and oxygen atoms in total. The highest BCUT2D eigenvalue weighted by atomic mass is 16.5. The van der Waals surface area contributed by atoms with Crippen molar-refractivity contribution in [3.8, 4) is 0 Å². The Hall–Kier alpha value is -0.650. The van der Waals surface area contributed by atoms with Crippen molar-refractivity contribution in [2.24, 2.45) is 5.73 Å². The number of nitrogens with two attached hydrogens (primary N) is 1. The first kappa shape index (κ1) is 15.3. The molecule has 3 N–H and O–H groups in total. The second-order valence-corrected chi connectivity index (χ2v) is 3.96. The van der Waals surface area contributed by atoms with E-state index in [4.69, 9.17) is 15.2 Å². The van der Waals surface area contributed by atoms with Gasteiger partial charge in [0.2, 0.25) is 5.91 Å². The van der Waals surface area contributed by atoms with E-state index in [0.717, 1.165) is 13.0 Å². The Labute approximate surface area is 97.7 Å². The lowest BCUT2D eigenvalue weighted by Gasteiger charge is -2.18. The molecular formula is C11H24N2O3. The van der Waals surface area contributed by atoms with E-state index in [1.54, 1.807) is 0 Å². The lowest BCUT2D eigenvalue weighted by atomic mass is 10.2. The first-order valence-corrected chi connectivity index (χ1v) is 5.78. The summed E-state index contributed by atoms with van der Waals surface area (Å²) in [7, 11) is 0. The number of hydrogen-bond acceptors (Lipinski definition) is 4. The summed E-state index contributed by atoms with van der Waals surface area (Å²) in [4.78, 5) is 11.0. The van der Waals surface area contributed by atoms with E-state index in [1.165, 1.54) is 0 Å². The summed E-state index contributed by atoms with van der Waals surface area (Å²) < 4.78 is 10.6. The summed E-state index contributed by atoms with van der Waals surface area (Å²) in [5, 5.41) is 3.04. The highest BCUT2D eigenvalue weighted by molar-refractivity contribution is 5.80. The first-order valence-electron chi connectivity index (χ1n) is 5.78. The van der Waals surface area contributed by atoms with Crippen molar-refractivity contribution in [3.63, 3.8) is 0 Å². The van der Waals surface area contributed by atoms with Crippen LogP contribution in [-0.4, -0.2) is 44.4 Å². The predicted molar refractivity (Wildman–Crippen MR) is 63.2 cm³/mol. The molecule has 0 rings (SSSR count). The van der Waals surface area contributed by atoms with Gasteiger partial charge in [-0.3, -0.25) is 4.79 Å². The summed E-state index contributed by atoms with van der Waals surface area (Å²) in [6.45, 7) is 8.05. The summed E-state index contributed by atoms with van der Waals surface area (Å²) in [6.07, 6.45) is 0.999. The molecule has 16 heavy (non-hydrogen) atoms. The molecule has 0 aliphatic rings. The van der Waals surface area contributed by atoms with Crippen molar-refractivity contribution in [1.29, 1.82) is 0 Å². The molecule has 0 radical (unpaired) electrons. The molecule has 1 unspecified atom stereocenters. The van der Waals surface area contributed by atoms with E-state index >= 15 is 0 Å². The average molecular weight is 232 g/mol. The number of carbonyl (C=O) groups excluding carboxylic acids is 1. The standard InChI is InChI=1S/C11H24N2O3/c1-4-5-15-6-7-16-8-10(11(12)14)13-9(2)3/h9-10,13H,4-8H2,1-3H3,(H2,12,14). The zero-order valence-corrected chi connectivity index (χ0v) is 10.5. The zero-order chi connectivity index (χ0) is 12.4. The van der Waals surface area contributed by atoms with Gasteiger partial charge in [0.05, 0.1) is 19.8 Å². The molecule has 0 aromatic rings. The summed E-state index contributed by atoms with van der Waals surface area (Å²) in [5.41, 5.74) is 5.23.